The van der Waals surface area contributed by atoms with E-state index < -0.39 is 11.9 Å². The van der Waals surface area contributed by atoms with Crippen LogP contribution in [0.5, 0.6) is 0 Å². The molecule has 7 rings (SSSR count). The highest BCUT2D eigenvalue weighted by Gasteiger charge is 2.13. The molecule has 0 aliphatic carbocycles. The van der Waals surface area contributed by atoms with Gasteiger partial charge in [0.2, 0.25) is 11.9 Å². The van der Waals surface area contributed by atoms with Gasteiger partial charge < -0.3 is 0 Å². The summed E-state index contributed by atoms with van der Waals surface area (Å²) in [7, 11) is 0. The maximum atomic E-state index is 14.2. The minimum Gasteiger partial charge on any atom is -0.244 e. The summed E-state index contributed by atoms with van der Waals surface area (Å²) in [6.07, 6.45) is 0. The summed E-state index contributed by atoms with van der Waals surface area (Å²) in [5.41, 5.74) is 6.51. The summed E-state index contributed by atoms with van der Waals surface area (Å²) in [6, 6.07) is 32.7. The minimum absolute atomic E-state index is 0.272. The lowest BCUT2D eigenvalue weighted by Crippen LogP contribution is -1.92. The van der Waals surface area contributed by atoms with Gasteiger partial charge in [-0.2, -0.15) is 13.8 Å². The van der Waals surface area contributed by atoms with Crippen LogP contribution in [-0.4, -0.2) is 15.0 Å². The third-order valence-electron chi connectivity index (χ3n) is 6.63. The first-order valence-corrected chi connectivity index (χ1v) is 11.6. The molecule has 0 saturated carbocycles. The number of fused-ring (bicyclic) bond motifs is 5. The van der Waals surface area contributed by atoms with Gasteiger partial charge in [-0.15, -0.1) is 0 Å². The number of aromatic nitrogens is 3. The van der Waals surface area contributed by atoms with Crippen LogP contribution in [0.25, 0.3) is 65.9 Å². The highest BCUT2D eigenvalue weighted by Crippen LogP contribution is 2.36. The Morgan fingerprint density at radius 2 is 1.11 bits per heavy atom. The molecule has 5 heteroatoms. The number of rotatable bonds is 2. The Hall–Kier alpha value is -4.77. The Kier molecular flexibility index (Phi) is 4.51. The zero-order valence-corrected chi connectivity index (χ0v) is 18.9. The van der Waals surface area contributed by atoms with Crippen molar-refractivity contribution >= 4 is 43.6 Å². The highest BCUT2D eigenvalue weighted by atomic mass is 19.1. The molecule has 2 heterocycles. The van der Waals surface area contributed by atoms with Crippen LogP contribution in [0.1, 0.15) is 0 Å². The fourth-order valence-electron chi connectivity index (χ4n) is 4.90. The van der Waals surface area contributed by atoms with Gasteiger partial charge in [-0.25, -0.2) is 9.97 Å². The summed E-state index contributed by atoms with van der Waals surface area (Å²) >= 11 is 0. The molecular weight excluding hydrogens is 452 g/mol. The summed E-state index contributed by atoms with van der Waals surface area (Å²) in [5.74, 6) is -1.65. The second kappa shape index (κ2) is 7.89. The van der Waals surface area contributed by atoms with E-state index in [-0.39, 0.29) is 5.56 Å². The molecule has 0 spiro atoms. The van der Waals surface area contributed by atoms with Crippen LogP contribution >= 0.6 is 0 Å². The molecule has 0 aliphatic heterocycles. The largest absolute Gasteiger partial charge is 0.244 e. The van der Waals surface area contributed by atoms with Crippen LogP contribution in [-0.2, 0) is 0 Å². The van der Waals surface area contributed by atoms with E-state index in [2.05, 4.69) is 35.3 Å². The van der Waals surface area contributed by atoms with Gasteiger partial charge in [0, 0.05) is 10.9 Å². The fraction of sp³-hybridized carbons (Fsp3) is 0. The third-order valence-corrected chi connectivity index (χ3v) is 6.63. The third kappa shape index (κ3) is 3.28. The Bertz CT molecular complexity index is 1980. The molecule has 0 amide bonds. The van der Waals surface area contributed by atoms with Crippen molar-refractivity contribution in [1.29, 1.82) is 0 Å². The molecule has 0 atom stereocenters. The lowest BCUT2D eigenvalue weighted by atomic mass is 9.94. The molecule has 0 radical (unpaired) electrons. The van der Waals surface area contributed by atoms with E-state index >= 15 is 0 Å². The monoisotopic (exact) mass is 469 g/mol. The first kappa shape index (κ1) is 20.6. The molecule has 3 nitrogen and oxygen atoms in total. The van der Waals surface area contributed by atoms with E-state index in [1.165, 1.54) is 12.1 Å². The number of pyridine rings is 1. The minimum atomic E-state index is -0.832. The summed E-state index contributed by atoms with van der Waals surface area (Å²) in [6.45, 7) is 0. The van der Waals surface area contributed by atoms with Gasteiger partial charge in [-0.1, -0.05) is 60.7 Å². The Labute approximate surface area is 204 Å². The normalized spacial score (nSPS) is 11.6. The number of benzene rings is 5. The highest BCUT2D eigenvalue weighted by molar-refractivity contribution is 6.12. The van der Waals surface area contributed by atoms with Crippen molar-refractivity contribution in [1.82, 2.24) is 15.0 Å². The standard InChI is InChI=1S/C31H17F2N3/c32-29-14-13-22(31(33)36-29)20-11-9-19-16-21(12-10-18(19)15-20)25-17-28-30(24-6-2-1-5-23(24)25)35-27-8-4-3-7-26(27)34-28/h1-17H. The predicted octanol–water partition coefficient (Wildman–Crippen LogP) is 8.10. The molecule has 0 aliphatic rings. The fourth-order valence-corrected chi connectivity index (χ4v) is 4.90. The molecule has 2 aromatic heterocycles. The topological polar surface area (TPSA) is 38.7 Å². The van der Waals surface area contributed by atoms with Crippen molar-refractivity contribution in [3.05, 3.63) is 115 Å². The number of halogens is 2. The summed E-state index contributed by atoms with van der Waals surface area (Å²) in [5, 5.41) is 4.12. The molecule has 0 unspecified atom stereocenters. The average molecular weight is 469 g/mol. The van der Waals surface area contributed by atoms with Crippen molar-refractivity contribution in [2.24, 2.45) is 0 Å². The average Bonchev–Trinajstić information content (AvgIpc) is 2.91. The second-order valence-corrected chi connectivity index (χ2v) is 8.80. The van der Waals surface area contributed by atoms with Gasteiger partial charge >= 0.3 is 0 Å². The first-order valence-electron chi connectivity index (χ1n) is 11.6. The Balaban J connectivity index is 1.42. The smallest absolute Gasteiger partial charge is 0.223 e. The molecule has 0 bridgehead atoms. The summed E-state index contributed by atoms with van der Waals surface area (Å²) in [4.78, 5) is 13.1. The number of para-hydroxylation sites is 2. The molecule has 5 aromatic carbocycles. The van der Waals surface area contributed by atoms with Gasteiger partial charge in [0.25, 0.3) is 0 Å². The van der Waals surface area contributed by atoms with E-state index in [1.54, 1.807) is 0 Å². The lowest BCUT2D eigenvalue weighted by Gasteiger charge is -2.12. The van der Waals surface area contributed by atoms with Crippen LogP contribution in [0.2, 0.25) is 0 Å². The van der Waals surface area contributed by atoms with Crippen LogP contribution < -0.4 is 0 Å². The van der Waals surface area contributed by atoms with E-state index in [0.717, 1.165) is 54.7 Å². The van der Waals surface area contributed by atoms with Crippen molar-refractivity contribution in [3.8, 4) is 22.3 Å². The van der Waals surface area contributed by atoms with Crippen molar-refractivity contribution in [2.75, 3.05) is 0 Å². The molecule has 170 valence electrons. The molecule has 0 saturated heterocycles. The van der Waals surface area contributed by atoms with Gasteiger partial charge in [-0.3, -0.25) is 0 Å². The first-order chi connectivity index (χ1) is 17.6. The number of hydrogen-bond acceptors (Lipinski definition) is 3. The van der Waals surface area contributed by atoms with Gasteiger partial charge in [0.15, 0.2) is 0 Å². The maximum absolute atomic E-state index is 14.2. The molecule has 7 aromatic rings. The zero-order valence-electron chi connectivity index (χ0n) is 18.9. The van der Waals surface area contributed by atoms with Gasteiger partial charge in [0.1, 0.15) is 0 Å². The summed E-state index contributed by atoms with van der Waals surface area (Å²) < 4.78 is 27.5. The van der Waals surface area contributed by atoms with E-state index in [0.29, 0.717) is 5.56 Å². The SMILES string of the molecule is Fc1ccc(-c2ccc3cc(-c4cc5nc6ccccc6nc5c5ccccc45)ccc3c2)c(F)n1. The molecule has 0 fully saturated rings. The molecule has 36 heavy (non-hydrogen) atoms. The molecule has 0 N–H and O–H groups in total. The van der Waals surface area contributed by atoms with Crippen LogP contribution in [0.3, 0.4) is 0 Å². The lowest BCUT2D eigenvalue weighted by molar-refractivity contribution is 0.515. The molecular formula is C31H17F2N3. The predicted molar refractivity (Wildman–Crippen MR) is 141 cm³/mol. The van der Waals surface area contributed by atoms with Crippen LogP contribution in [0.4, 0.5) is 8.78 Å². The van der Waals surface area contributed by atoms with Crippen molar-refractivity contribution in [2.45, 2.75) is 0 Å². The Morgan fingerprint density at radius 1 is 0.472 bits per heavy atom. The van der Waals surface area contributed by atoms with Gasteiger partial charge in [-0.05, 0) is 75.3 Å². The second-order valence-electron chi connectivity index (χ2n) is 8.80. The van der Waals surface area contributed by atoms with Gasteiger partial charge in [0.05, 0.1) is 22.1 Å². The van der Waals surface area contributed by atoms with Crippen LogP contribution in [0.15, 0.2) is 103 Å². The number of nitrogens with zero attached hydrogens (tertiary/aromatic N) is 3. The quantitative estimate of drug-likeness (QED) is 0.146. The van der Waals surface area contributed by atoms with Crippen molar-refractivity contribution < 1.29 is 8.78 Å². The van der Waals surface area contributed by atoms with Crippen molar-refractivity contribution in [3.63, 3.8) is 0 Å². The van der Waals surface area contributed by atoms with E-state index in [9.17, 15) is 8.78 Å². The maximum Gasteiger partial charge on any atom is 0.223 e. The van der Waals surface area contributed by atoms with E-state index in [4.69, 9.17) is 9.97 Å². The van der Waals surface area contributed by atoms with E-state index in [1.807, 2.05) is 60.7 Å². The number of hydrogen-bond donors (Lipinski definition) is 0. The Morgan fingerprint density at radius 3 is 1.83 bits per heavy atom. The van der Waals surface area contributed by atoms with Crippen LogP contribution in [0, 0.1) is 11.9 Å². The zero-order chi connectivity index (χ0) is 24.2.